The lowest BCUT2D eigenvalue weighted by Gasteiger charge is -2.27. The molecule has 2 saturated heterocycles. The zero-order valence-corrected chi connectivity index (χ0v) is 15.9. The molecule has 144 valence electrons. The molecular formula is C19H27FN2O3S. The molecule has 7 heteroatoms. The number of likely N-dealkylation sites (tertiary alicyclic amines) is 1. The zero-order valence-electron chi connectivity index (χ0n) is 15.1. The molecule has 0 spiro atoms. The lowest BCUT2D eigenvalue weighted by Crippen LogP contribution is -2.36. The Hall–Kier alpha value is -1.47. The second-order valence-electron chi connectivity index (χ2n) is 7.17. The first-order valence-corrected chi connectivity index (χ1v) is 11.0. The number of nitrogens with zero attached hydrogens (tertiary/aromatic N) is 2. The molecule has 2 fully saturated rings. The van der Waals surface area contributed by atoms with Crippen LogP contribution >= 0.6 is 0 Å². The van der Waals surface area contributed by atoms with Gasteiger partial charge in [0.1, 0.15) is 10.7 Å². The highest BCUT2D eigenvalue weighted by molar-refractivity contribution is 7.89. The van der Waals surface area contributed by atoms with Gasteiger partial charge in [-0.1, -0.05) is 25.7 Å². The molecule has 1 aromatic rings. The topological polar surface area (TPSA) is 57.7 Å². The summed E-state index contributed by atoms with van der Waals surface area (Å²) in [4.78, 5) is 14.2. The van der Waals surface area contributed by atoms with E-state index in [1.807, 2.05) is 0 Å². The van der Waals surface area contributed by atoms with Crippen LogP contribution in [0.25, 0.3) is 0 Å². The van der Waals surface area contributed by atoms with Crippen LogP contribution in [-0.2, 0) is 10.0 Å². The monoisotopic (exact) mass is 382 g/mol. The number of piperidine rings is 1. The van der Waals surface area contributed by atoms with E-state index >= 15 is 0 Å². The van der Waals surface area contributed by atoms with E-state index in [9.17, 15) is 17.6 Å². The summed E-state index contributed by atoms with van der Waals surface area (Å²) < 4.78 is 41.3. The molecule has 2 aliphatic rings. The first-order valence-electron chi connectivity index (χ1n) is 9.59. The van der Waals surface area contributed by atoms with Gasteiger partial charge in [0.15, 0.2) is 0 Å². The molecule has 3 rings (SSSR count). The zero-order chi connectivity index (χ0) is 18.6. The lowest BCUT2D eigenvalue weighted by atomic mass is 10.1. The Balaban J connectivity index is 1.85. The van der Waals surface area contributed by atoms with E-state index in [1.54, 1.807) is 4.90 Å². The highest BCUT2D eigenvalue weighted by Crippen LogP contribution is 2.25. The molecule has 5 nitrogen and oxygen atoms in total. The van der Waals surface area contributed by atoms with Crippen molar-refractivity contribution in [3.05, 3.63) is 29.6 Å². The number of rotatable bonds is 3. The third-order valence-corrected chi connectivity index (χ3v) is 7.17. The molecule has 0 radical (unpaired) electrons. The van der Waals surface area contributed by atoms with E-state index in [1.165, 1.54) is 22.9 Å². The predicted octanol–water partition coefficient (Wildman–Crippen LogP) is 3.41. The molecule has 1 aromatic carbocycles. The number of carbonyl (C=O) groups is 1. The summed E-state index contributed by atoms with van der Waals surface area (Å²) in [6.07, 6.45) is 7.85. The Bertz CT molecular complexity index is 737. The number of halogens is 1. The molecule has 26 heavy (non-hydrogen) atoms. The third-order valence-electron chi connectivity index (χ3n) is 5.25. The Morgan fingerprint density at radius 3 is 2.04 bits per heavy atom. The van der Waals surface area contributed by atoms with Gasteiger partial charge in [-0.05, 0) is 43.9 Å². The average Bonchev–Trinajstić information content (AvgIpc) is 2.62. The maximum atomic E-state index is 14.3. The molecule has 0 unspecified atom stereocenters. The van der Waals surface area contributed by atoms with Gasteiger partial charge in [0.2, 0.25) is 10.0 Å². The van der Waals surface area contributed by atoms with E-state index in [0.29, 0.717) is 26.2 Å². The fourth-order valence-corrected chi connectivity index (χ4v) is 5.32. The van der Waals surface area contributed by atoms with Crippen LogP contribution in [0.3, 0.4) is 0 Å². The fraction of sp³-hybridized carbons (Fsp3) is 0.632. The van der Waals surface area contributed by atoms with Crippen molar-refractivity contribution in [3.8, 4) is 0 Å². The van der Waals surface area contributed by atoms with Crippen molar-refractivity contribution in [1.29, 1.82) is 0 Å². The minimum atomic E-state index is -3.90. The van der Waals surface area contributed by atoms with Crippen LogP contribution in [0.5, 0.6) is 0 Å². The SMILES string of the molecule is O=C(c1ccc(F)c(S(=O)(=O)N2CCCCC2)c1)N1CCCCCCC1. The summed E-state index contributed by atoms with van der Waals surface area (Å²) in [7, 11) is -3.90. The Kier molecular flexibility index (Phi) is 6.29. The normalized spacial score (nSPS) is 20.4. The van der Waals surface area contributed by atoms with Crippen molar-refractivity contribution in [3.63, 3.8) is 0 Å². The standard InChI is InChI=1S/C19H27FN2O3S/c20-17-10-9-16(19(23)21-11-5-2-1-3-6-12-21)15-18(17)26(24,25)22-13-7-4-8-14-22/h9-10,15H,1-8,11-14H2. The Labute approximate surface area is 155 Å². The summed E-state index contributed by atoms with van der Waals surface area (Å²) in [5, 5.41) is 0. The van der Waals surface area contributed by atoms with Gasteiger partial charge in [-0.3, -0.25) is 4.79 Å². The lowest BCUT2D eigenvalue weighted by molar-refractivity contribution is 0.0742. The summed E-state index contributed by atoms with van der Waals surface area (Å²) in [5.74, 6) is -0.998. The van der Waals surface area contributed by atoms with Gasteiger partial charge < -0.3 is 4.90 Å². The van der Waals surface area contributed by atoms with E-state index < -0.39 is 15.8 Å². The summed E-state index contributed by atoms with van der Waals surface area (Å²) >= 11 is 0. The van der Waals surface area contributed by atoms with Gasteiger partial charge in [-0.25, -0.2) is 12.8 Å². The van der Waals surface area contributed by atoms with Crippen molar-refractivity contribution in [2.45, 2.75) is 56.3 Å². The van der Waals surface area contributed by atoms with Crippen LogP contribution in [0.1, 0.15) is 61.7 Å². The van der Waals surface area contributed by atoms with Crippen LogP contribution in [0.2, 0.25) is 0 Å². The van der Waals surface area contributed by atoms with E-state index in [2.05, 4.69) is 0 Å². The third kappa shape index (κ3) is 4.26. The molecule has 0 aliphatic carbocycles. The van der Waals surface area contributed by atoms with E-state index in [0.717, 1.165) is 51.0 Å². The smallest absolute Gasteiger partial charge is 0.253 e. The first kappa shape index (κ1) is 19.3. The van der Waals surface area contributed by atoms with Crippen LogP contribution in [0, 0.1) is 5.82 Å². The van der Waals surface area contributed by atoms with Gasteiger partial charge in [0.25, 0.3) is 5.91 Å². The highest BCUT2D eigenvalue weighted by Gasteiger charge is 2.30. The van der Waals surface area contributed by atoms with Gasteiger partial charge in [0, 0.05) is 31.7 Å². The minimum absolute atomic E-state index is 0.206. The van der Waals surface area contributed by atoms with Crippen LogP contribution in [0.4, 0.5) is 4.39 Å². The largest absolute Gasteiger partial charge is 0.339 e. The molecule has 0 aromatic heterocycles. The highest BCUT2D eigenvalue weighted by atomic mass is 32.2. The quantitative estimate of drug-likeness (QED) is 0.805. The molecule has 0 saturated carbocycles. The van der Waals surface area contributed by atoms with Crippen molar-refractivity contribution >= 4 is 15.9 Å². The van der Waals surface area contributed by atoms with Crippen molar-refractivity contribution in [1.82, 2.24) is 9.21 Å². The van der Waals surface area contributed by atoms with E-state index in [-0.39, 0.29) is 16.4 Å². The number of sulfonamides is 1. The molecule has 2 heterocycles. The van der Waals surface area contributed by atoms with Crippen LogP contribution in [-0.4, -0.2) is 49.7 Å². The fourth-order valence-electron chi connectivity index (χ4n) is 3.71. The second-order valence-corrected chi connectivity index (χ2v) is 9.08. The Morgan fingerprint density at radius 1 is 0.846 bits per heavy atom. The van der Waals surface area contributed by atoms with Crippen LogP contribution in [0.15, 0.2) is 23.1 Å². The van der Waals surface area contributed by atoms with E-state index in [4.69, 9.17) is 0 Å². The second kappa shape index (κ2) is 8.48. The summed E-state index contributed by atoms with van der Waals surface area (Å²) in [6.45, 7) is 2.16. The van der Waals surface area contributed by atoms with Gasteiger partial charge in [-0.15, -0.1) is 0 Å². The van der Waals surface area contributed by atoms with Crippen molar-refractivity contribution in [2.75, 3.05) is 26.2 Å². The minimum Gasteiger partial charge on any atom is -0.339 e. The number of benzene rings is 1. The van der Waals surface area contributed by atoms with Crippen molar-refractivity contribution in [2.24, 2.45) is 0 Å². The Morgan fingerprint density at radius 2 is 1.38 bits per heavy atom. The first-order chi connectivity index (χ1) is 12.5. The molecular weight excluding hydrogens is 355 g/mol. The van der Waals surface area contributed by atoms with Gasteiger partial charge in [0.05, 0.1) is 0 Å². The average molecular weight is 383 g/mol. The number of hydrogen-bond donors (Lipinski definition) is 0. The number of carbonyl (C=O) groups excluding carboxylic acids is 1. The molecule has 0 atom stereocenters. The van der Waals surface area contributed by atoms with Gasteiger partial charge in [-0.2, -0.15) is 4.31 Å². The molecule has 2 aliphatic heterocycles. The van der Waals surface area contributed by atoms with Crippen LogP contribution < -0.4 is 0 Å². The molecule has 0 N–H and O–H groups in total. The molecule has 1 amide bonds. The molecule has 0 bridgehead atoms. The predicted molar refractivity (Wildman–Crippen MR) is 98.0 cm³/mol. The van der Waals surface area contributed by atoms with Gasteiger partial charge >= 0.3 is 0 Å². The van der Waals surface area contributed by atoms with Crippen molar-refractivity contribution < 1.29 is 17.6 Å². The number of amides is 1. The number of hydrogen-bond acceptors (Lipinski definition) is 3. The maximum absolute atomic E-state index is 14.3. The summed E-state index contributed by atoms with van der Waals surface area (Å²) in [6, 6.07) is 3.72. The maximum Gasteiger partial charge on any atom is 0.253 e. The summed E-state index contributed by atoms with van der Waals surface area (Å²) in [5.41, 5.74) is 0.252.